The second-order valence-corrected chi connectivity index (χ2v) is 5.50. The van der Waals surface area contributed by atoms with Gasteiger partial charge in [-0.2, -0.15) is 0 Å². The number of benzene rings is 1. The molecule has 0 N–H and O–H groups in total. The van der Waals surface area contributed by atoms with Crippen LogP contribution in [0.2, 0.25) is 0 Å². The topological polar surface area (TPSA) is 41.9 Å². The van der Waals surface area contributed by atoms with Crippen LogP contribution >= 0.6 is 0 Å². The Hall–Kier alpha value is -1.84. The van der Waals surface area contributed by atoms with Crippen molar-refractivity contribution in [3.8, 4) is 0 Å². The van der Waals surface area contributed by atoms with Crippen molar-refractivity contribution in [2.75, 3.05) is 19.7 Å². The fourth-order valence-corrected chi connectivity index (χ4v) is 3.37. The zero-order valence-electron chi connectivity index (χ0n) is 11.8. The fourth-order valence-electron chi connectivity index (χ4n) is 3.37. The molecule has 106 valence electrons. The van der Waals surface area contributed by atoms with Crippen LogP contribution in [0.5, 0.6) is 0 Å². The standard InChI is InChI=1S/C16H20N2O2/c1-13(19)18-10-5-8-16(18,15-17-9-11-20-15)12-14-6-3-2-4-7-14/h2-4,6-7H,5,8-12H2,1H3. The van der Waals surface area contributed by atoms with E-state index in [2.05, 4.69) is 17.1 Å². The van der Waals surface area contributed by atoms with Gasteiger partial charge in [-0.05, 0) is 18.4 Å². The Bertz CT molecular complexity index is 527. The van der Waals surface area contributed by atoms with Gasteiger partial charge >= 0.3 is 0 Å². The molecule has 0 radical (unpaired) electrons. The molecule has 3 rings (SSSR count). The summed E-state index contributed by atoms with van der Waals surface area (Å²) < 4.78 is 5.75. The van der Waals surface area contributed by atoms with Crippen LogP contribution in [-0.2, 0) is 16.0 Å². The summed E-state index contributed by atoms with van der Waals surface area (Å²) >= 11 is 0. The first-order valence-corrected chi connectivity index (χ1v) is 7.22. The Balaban J connectivity index is 1.97. The van der Waals surface area contributed by atoms with Crippen LogP contribution in [0, 0.1) is 0 Å². The van der Waals surface area contributed by atoms with Crippen LogP contribution in [0.1, 0.15) is 25.3 Å². The quantitative estimate of drug-likeness (QED) is 0.845. The molecule has 1 unspecified atom stereocenters. The molecule has 0 aromatic heterocycles. The SMILES string of the molecule is CC(=O)N1CCCC1(Cc1ccccc1)C1=NCCO1. The number of carbonyl (C=O) groups excluding carboxylic acids is 1. The first-order chi connectivity index (χ1) is 9.72. The lowest BCUT2D eigenvalue weighted by atomic mass is 9.87. The highest BCUT2D eigenvalue weighted by atomic mass is 16.5. The summed E-state index contributed by atoms with van der Waals surface area (Å²) in [5, 5.41) is 0. The highest BCUT2D eigenvalue weighted by Gasteiger charge is 2.48. The molecule has 1 atom stereocenters. The van der Waals surface area contributed by atoms with Crippen molar-refractivity contribution in [2.45, 2.75) is 31.7 Å². The lowest BCUT2D eigenvalue weighted by Gasteiger charge is -2.37. The highest BCUT2D eigenvalue weighted by Crippen LogP contribution is 2.35. The van der Waals surface area contributed by atoms with Crippen LogP contribution in [0.3, 0.4) is 0 Å². The molecule has 0 spiro atoms. The molecule has 1 aromatic carbocycles. The van der Waals surface area contributed by atoms with Gasteiger partial charge in [0.05, 0.1) is 6.54 Å². The number of nitrogens with zero attached hydrogens (tertiary/aromatic N) is 2. The number of hydrogen-bond acceptors (Lipinski definition) is 3. The van der Waals surface area contributed by atoms with Gasteiger partial charge in [0.1, 0.15) is 12.1 Å². The molecule has 20 heavy (non-hydrogen) atoms. The second kappa shape index (κ2) is 5.27. The molecule has 2 aliphatic rings. The number of aliphatic imine (C=N–C) groups is 1. The molecule has 1 fully saturated rings. The van der Waals surface area contributed by atoms with Crippen LogP contribution in [0.25, 0.3) is 0 Å². The number of likely N-dealkylation sites (tertiary alicyclic amines) is 1. The molecule has 1 amide bonds. The molecule has 1 saturated heterocycles. The predicted octanol–water partition coefficient (Wildman–Crippen LogP) is 2.04. The summed E-state index contributed by atoms with van der Waals surface area (Å²) in [7, 11) is 0. The predicted molar refractivity (Wildman–Crippen MR) is 77.8 cm³/mol. The van der Waals surface area contributed by atoms with E-state index in [9.17, 15) is 4.79 Å². The Kier molecular flexibility index (Phi) is 3.47. The Morgan fingerprint density at radius 1 is 1.40 bits per heavy atom. The minimum Gasteiger partial charge on any atom is -0.477 e. The lowest BCUT2D eigenvalue weighted by Crippen LogP contribution is -2.54. The van der Waals surface area contributed by atoms with E-state index in [0.717, 1.165) is 31.7 Å². The van der Waals surface area contributed by atoms with Crippen molar-refractivity contribution >= 4 is 11.8 Å². The number of rotatable bonds is 3. The van der Waals surface area contributed by atoms with Gasteiger partial charge in [0.2, 0.25) is 11.8 Å². The molecule has 0 aliphatic carbocycles. The Morgan fingerprint density at radius 3 is 2.85 bits per heavy atom. The van der Waals surface area contributed by atoms with E-state index >= 15 is 0 Å². The van der Waals surface area contributed by atoms with Gasteiger partial charge in [0.25, 0.3) is 0 Å². The maximum absolute atomic E-state index is 12.0. The van der Waals surface area contributed by atoms with Gasteiger partial charge in [-0.1, -0.05) is 30.3 Å². The number of amides is 1. The van der Waals surface area contributed by atoms with Crippen LogP contribution in [-0.4, -0.2) is 41.9 Å². The van der Waals surface area contributed by atoms with E-state index in [1.165, 1.54) is 5.56 Å². The number of hydrogen-bond donors (Lipinski definition) is 0. The summed E-state index contributed by atoms with van der Waals surface area (Å²) in [5.74, 6) is 0.866. The highest BCUT2D eigenvalue weighted by molar-refractivity contribution is 5.92. The third kappa shape index (κ3) is 2.19. The molecule has 2 aliphatic heterocycles. The van der Waals surface area contributed by atoms with Crippen LogP contribution in [0.4, 0.5) is 0 Å². The molecular weight excluding hydrogens is 252 g/mol. The molecule has 4 heteroatoms. The monoisotopic (exact) mass is 272 g/mol. The maximum Gasteiger partial charge on any atom is 0.220 e. The second-order valence-electron chi connectivity index (χ2n) is 5.50. The third-order valence-electron chi connectivity index (χ3n) is 4.19. The van der Waals surface area contributed by atoms with E-state index in [4.69, 9.17) is 4.74 Å². The van der Waals surface area contributed by atoms with Crippen molar-refractivity contribution < 1.29 is 9.53 Å². The van der Waals surface area contributed by atoms with Gasteiger partial charge in [-0.25, -0.2) is 4.99 Å². The smallest absolute Gasteiger partial charge is 0.220 e. The Morgan fingerprint density at radius 2 is 2.20 bits per heavy atom. The van der Waals surface area contributed by atoms with Gasteiger partial charge in [0, 0.05) is 19.9 Å². The normalized spacial score (nSPS) is 25.4. The fraction of sp³-hybridized carbons (Fsp3) is 0.500. The summed E-state index contributed by atoms with van der Waals surface area (Å²) in [6.07, 6.45) is 2.72. The summed E-state index contributed by atoms with van der Waals surface area (Å²) in [6, 6.07) is 10.3. The van der Waals surface area contributed by atoms with Crippen LogP contribution in [0.15, 0.2) is 35.3 Å². The third-order valence-corrected chi connectivity index (χ3v) is 4.19. The van der Waals surface area contributed by atoms with Crippen molar-refractivity contribution in [1.29, 1.82) is 0 Å². The molecule has 2 heterocycles. The first-order valence-electron chi connectivity index (χ1n) is 7.22. The van der Waals surface area contributed by atoms with Gasteiger partial charge in [-0.15, -0.1) is 0 Å². The molecule has 0 saturated carbocycles. The van der Waals surface area contributed by atoms with Crippen molar-refractivity contribution in [2.24, 2.45) is 4.99 Å². The zero-order valence-corrected chi connectivity index (χ0v) is 11.8. The number of carbonyl (C=O) groups is 1. The minimum absolute atomic E-state index is 0.108. The van der Waals surface area contributed by atoms with Crippen molar-refractivity contribution in [1.82, 2.24) is 4.90 Å². The zero-order chi connectivity index (χ0) is 14.0. The van der Waals surface area contributed by atoms with E-state index in [-0.39, 0.29) is 11.4 Å². The average molecular weight is 272 g/mol. The summed E-state index contributed by atoms with van der Waals surface area (Å²) in [6.45, 7) is 3.78. The lowest BCUT2D eigenvalue weighted by molar-refractivity contribution is -0.131. The molecule has 1 aromatic rings. The number of ether oxygens (including phenoxy) is 1. The molecule has 4 nitrogen and oxygen atoms in total. The van der Waals surface area contributed by atoms with Crippen molar-refractivity contribution in [3.63, 3.8) is 0 Å². The van der Waals surface area contributed by atoms with Gasteiger partial charge < -0.3 is 9.64 Å². The molecular formula is C16H20N2O2. The van der Waals surface area contributed by atoms with E-state index < -0.39 is 0 Å². The van der Waals surface area contributed by atoms with Crippen LogP contribution < -0.4 is 0 Å². The first kappa shape index (κ1) is 13.2. The average Bonchev–Trinajstić information content (AvgIpc) is 3.09. The summed E-state index contributed by atoms with van der Waals surface area (Å²) in [5.41, 5.74) is 0.850. The van der Waals surface area contributed by atoms with E-state index in [0.29, 0.717) is 13.2 Å². The maximum atomic E-state index is 12.0. The van der Waals surface area contributed by atoms with Gasteiger partial charge in [-0.3, -0.25) is 4.79 Å². The minimum atomic E-state index is -0.371. The summed E-state index contributed by atoms with van der Waals surface area (Å²) in [4.78, 5) is 18.5. The van der Waals surface area contributed by atoms with E-state index in [1.54, 1.807) is 6.92 Å². The largest absolute Gasteiger partial charge is 0.477 e. The van der Waals surface area contributed by atoms with E-state index in [1.807, 2.05) is 23.1 Å². The van der Waals surface area contributed by atoms with Crippen molar-refractivity contribution in [3.05, 3.63) is 35.9 Å². The van der Waals surface area contributed by atoms with Gasteiger partial charge in [0.15, 0.2) is 0 Å². The Labute approximate surface area is 119 Å². The molecule has 0 bridgehead atoms.